The number of methoxy groups -OCH3 is 1. The van der Waals surface area contributed by atoms with Crippen LogP contribution in [-0.2, 0) is 16.0 Å². The number of halogens is 2. The molecule has 0 bridgehead atoms. The van der Waals surface area contributed by atoms with Crippen molar-refractivity contribution in [3.63, 3.8) is 0 Å². The molecule has 4 nitrogen and oxygen atoms in total. The fourth-order valence-electron chi connectivity index (χ4n) is 2.88. The highest BCUT2D eigenvalue weighted by Gasteiger charge is 2.26. The van der Waals surface area contributed by atoms with E-state index in [1.807, 2.05) is 24.3 Å². The second-order valence-electron chi connectivity index (χ2n) is 5.96. The molecule has 6 heteroatoms. The van der Waals surface area contributed by atoms with Crippen LogP contribution in [0.5, 0.6) is 0 Å². The fourth-order valence-corrected chi connectivity index (χ4v) is 3.14. The zero-order valence-electron chi connectivity index (χ0n) is 14.1. The minimum atomic E-state index is -0.510. The lowest BCUT2D eigenvalue weighted by atomic mass is 9.85. The number of ether oxygens (including phenoxy) is 1. The van der Waals surface area contributed by atoms with Gasteiger partial charge < -0.3 is 4.74 Å². The average Bonchev–Trinajstić information content (AvgIpc) is 2.61. The zero-order valence-corrected chi connectivity index (χ0v) is 15.7. The molecule has 0 heterocycles. The highest BCUT2D eigenvalue weighted by atomic mass is 79.9. The smallest absolute Gasteiger partial charge is 0.245 e. The van der Waals surface area contributed by atoms with E-state index in [1.165, 1.54) is 13.2 Å². The summed E-state index contributed by atoms with van der Waals surface area (Å²) < 4.78 is 20.0. The Kier molecular flexibility index (Phi) is 7.11. The zero-order chi connectivity index (χ0) is 18.4. The predicted octanol–water partition coefficient (Wildman–Crippen LogP) is 4.13. The summed E-state index contributed by atoms with van der Waals surface area (Å²) in [6.07, 6.45) is 0.173. The molecule has 2 rings (SSSR count). The molecule has 0 aromatic heterocycles. The summed E-state index contributed by atoms with van der Waals surface area (Å²) >= 11 is 3.41. The van der Waals surface area contributed by atoms with Crippen LogP contribution in [0.4, 0.5) is 4.39 Å². The van der Waals surface area contributed by atoms with Gasteiger partial charge in [-0.15, -0.1) is 0 Å². The van der Waals surface area contributed by atoms with Gasteiger partial charge in [0.05, 0.1) is 12.5 Å². The molecule has 0 aliphatic rings. The minimum Gasteiger partial charge on any atom is -0.380 e. The van der Waals surface area contributed by atoms with Crippen LogP contribution in [-0.4, -0.2) is 24.3 Å². The van der Waals surface area contributed by atoms with E-state index in [1.54, 1.807) is 24.5 Å². The molecule has 2 aromatic carbocycles. The topological polar surface area (TPSA) is 58.6 Å². The minimum absolute atomic E-state index is 0.0217. The summed E-state index contributed by atoms with van der Waals surface area (Å²) in [5, 5.41) is 8.82. The van der Waals surface area contributed by atoms with E-state index in [2.05, 4.69) is 15.9 Å². The molecular formula is C19H21BrFNO3. The van der Waals surface area contributed by atoms with Gasteiger partial charge in [-0.25, -0.2) is 9.87 Å². The van der Waals surface area contributed by atoms with Gasteiger partial charge in [0, 0.05) is 17.5 Å². The summed E-state index contributed by atoms with van der Waals surface area (Å²) in [5.41, 5.74) is 4.19. The summed E-state index contributed by atoms with van der Waals surface area (Å²) in [6.45, 7) is 1.72. The maximum absolute atomic E-state index is 13.5. The molecule has 0 spiro atoms. The predicted molar refractivity (Wildman–Crippen MR) is 97.1 cm³/mol. The molecule has 2 N–H and O–H groups in total. The van der Waals surface area contributed by atoms with Gasteiger partial charge in [-0.3, -0.25) is 10.0 Å². The molecular weight excluding hydrogens is 389 g/mol. The van der Waals surface area contributed by atoms with Crippen LogP contribution < -0.4 is 5.48 Å². The number of hydrogen-bond acceptors (Lipinski definition) is 3. The van der Waals surface area contributed by atoms with Gasteiger partial charge in [0.1, 0.15) is 5.82 Å². The SMILES string of the molecule is CO[C@@H](CC(=O)NO)[C@H](Cc1ccc(F)c(C)c1)c1ccc(Br)cc1. The molecule has 1 amide bonds. The van der Waals surface area contributed by atoms with E-state index in [4.69, 9.17) is 9.94 Å². The second-order valence-corrected chi connectivity index (χ2v) is 6.87. The lowest BCUT2D eigenvalue weighted by molar-refractivity contribution is -0.132. The Balaban J connectivity index is 2.34. The number of hydroxylamine groups is 1. The van der Waals surface area contributed by atoms with Gasteiger partial charge in [-0.2, -0.15) is 0 Å². The summed E-state index contributed by atoms with van der Waals surface area (Å²) in [7, 11) is 1.54. The van der Waals surface area contributed by atoms with Crippen LogP contribution in [0.1, 0.15) is 29.0 Å². The van der Waals surface area contributed by atoms with Gasteiger partial charge in [0.15, 0.2) is 0 Å². The first-order chi connectivity index (χ1) is 11.9. The molecule has 134 valence electrons. The quantitative estimate of drug-likeness (QED) is 0.533. The summed E-state index contributed by atoms with van der Waals surface area (Å²) in [5.74, 6) is -0.878. The lowest BCUT2D eigenvalue weighted by Crippen LogP contribution is -2.31. The largest absolute Gasteiger partial charge is 0.380 e. The third kappa shape index (κ3) is 5.36. The second kappa shape index (κ2) is 9.08. The molecule has 0 radical (unpaired) electrons. The van der Waals surface area contributed by atoms with Crippen LogP contribution in [0.25, 0.3) is 0 Å². The standard InChI is InChI=1S/C19H21BrFNO3/c1-12-9-13(3-8-17(12)21)10-16(14-4-6-15(20)7-5-14)18(25-2)11-19(23)22-24/h3-9,16,18,24H,10-11H2,1-2H3,(H,22,23)/t16-,18+/m1/s1. The van der Waals surface area contributed by atoms with E-state index >= 15 is 0 Å². The maximum Gasteiger partial charge on any atom is 0.245 e. The number of carbonyl (C=O) groups is 1. The van der Waals surface area contributed by atoms with Gasteiger partial charge in [-0.1, -0.05) is 40.2 Å². The van der Waals surface area contributed by atoms with Gasteiger partial charge in [0.2, 0.25) is 5.91 Å². The van der Waals surface area contributed by atoms with E-state index in [0.29, 0.717) is 12.0 Å². The highest BCUT2D eigenvalue weighted by Crippen LogP contribution is 2.29. The van der Waals surface area contributed by atoms with Gasteiger partial charge in [0.25, 0.3) is 0 Å². The molecule has 0 aliphatic heterocycles. The monoisotopic (exact) mass is 409 g/mol. The molecule has 0 saturated heterocycles. The first kappa shape index (κ1) is 19.6. The molecule has 0 fully saturated rings. The molecule has 0 unspecified atom stereocenters. The number of hydrogen-bond donors (Lipinski definition) is 2. The fraction of sp³-hybridized carbons (Fsp3) is 0.316. The number of amides is 1. The van der Waals surface area contributed by atoms with Crippen LogP contribution in [0.15, 0.2) is 46.9 Å². The van der Waals surface area contributed by atoms with Crippen molar-refractivity contribution in [1.82, 2.24) is 5.48 Å². The Morgan fingerprint density at radius 2 is 1.96 bits per heavy atom. The van der Waals surface area contributed by atoms with E-state index < -0.39 is 12.0 Å². The van der Waals surface area contributed by atoms with Crippen molar-refractivity contribution in [1.29, 1.82) is 0 Å². The van der Waals surface area contributed by atoms with Crippen LogP contribution >= 0.6 is 15.9 Å². The van der Waals surface area contributed by atoms with Crippen LogP contribution in [0.3, 0.4) is 0 Å². The normalized spacial score (nSPS) is 13.3. The number of aryl methyl sites for hydroxylation is 1. The molecule has 25 heavy (non-hydrogen) atoms. The van der Waals surface area contributed by atoms with Crippen molar-refractivity contribution in [2.24, 2.45) is 0 Å². The van der Waals surface area contributed by atoms with Crippen LogP contribution in [0.2, 0.25) is 0 Å². The van der Waals surface area contributed by atoms with Crippen molar-refractivity contribution in [3.05, 3.63) is 69.4 Å². The first-order valence-corrected chi connectivity index (χ1v) is 8.70. The van der Waals surface area contributed by atoms with Crippen molar-refractivity contribution in [2.75, 3.05) is 7.11 Å². The number of nitrogens with one attached hydrogen (secondary N) is 1. The van der Waals surface area contributed by atoms with E-state index in [-0.39, 0.29) is 18.2 Å². The van der Waals surface area contributed by atoms with Crippen molar-refractivity contribution >= 4 is 21.8 Å². The molecule has 0 saturated carbocycles. The number of carbonyl (C=O) groups excluding carboxylic acids is 1. The first-order valence-electron chi connectivity index (χ1n) is 7.90. The Bertz CT molecular complexity index is 721. The third-order valence-electron chi connectivity index (χ3n) is 4.24. The van der Waals surface area contributed by atoms with Crippen molar-refractivity contribution < 1.29 is 19.1 Å². The third-order valence-corrected chi connectivity index (χ3v) is 4.77. The van der Waals surface area contributed by atoms with E-state index in [9.17, 15) is 9.18 Å². The molecule has 2 aromatic rings. The number of benzene rings is 2. The Morgan fingerprint density at radius 3 is 2.52 bits per heavy atom. The van der Waals surface area contributed by atoms with Gasteiger partial charge >= 0.3 is 0 Å². The molecule has 2 atom stereocenters. The van der Waals surface area contributed by atoms with E-state index in [0.717, 1.165) is 15.6 Å². The molecule has 0 aliphatic carbocycles. The Labute approximate surface area is 155 Å². The maximum atomic E-state index is 13.5. The van der Waals surface area contributed by atoms with Crippen molar-refractivity contribution in [2.45, 2.75) is 31.8 Å². The Hall–Kier alpha value is -1.76. The average molecular weight is 410 g/mol. The lowest BCUT2D eigenvalue weighted by Gasteiger charge is -2.26. The number of rotatable bonds is 7. The Morgan fingerprint density at radius 1 is 1.28 bits per heavy atom. The highest BCUT2D eigenvalue weighted by molar-refractivity contribution is 9.10. The summed E-state index contributed by atoms with van der Waals surface area (Å²) in [4.78, 5) is 11.6. The van der Waals surface area contributed by atoms with Gasteiger partial charge in [-0.05, 0) is 48.2 Å². The van der Waals surface area contributed by atoms with Crippen LogP contribution in [0, 0.1) is 12.7 Å². The summed E-state index contributed by atoms with van der Waals surface area (Å²) in [6, 6.07) is 12.8. The van der Waals surface area contributed by atoms with Crippen molar-refractivity contribution in [3.8, 4) is 0 Å².